The summed E-state index contributed by atoms with van der Waals surface area (Å²) in [5.74, 6) is 3.74. The molecule has 0 aliphatic heterocycles. The molecule has 7 heteroatoms. The Morgan fingerprint density at radius 1 is 0.203 bits per heavy atom. The minimum absolute atomic E-state index is 0.619. The first-order valence-electron chi connectivity index (χ1n) is 23.1. The van der Waals surface area contributed by atoms with E-state index >= 15 is 0 Å². The zero-order valence-electron chi connectivity index (χ0n) is 37.4. The zero-order chi connectivity index (χ0) is 46.0. The van der Waals surface area contributed by atoms with Gasteiger partial charge in [0.25, 0.3) is 0 Å². The first-order valence-corrected chi connectivity index (χ1v) is 25.1. The van der Waals surface area contributed by atoms with Crippen LogP contribution in [0, 0.1) is 0 Å². The summed E-state index contributed by atoms with van der Waals surface area (Å²) < 4.78 is 0. The van der Waals surface area contributed by atoms with Crippen LogP contribution in [0.15, 0.2) is 255 Å². The molecular weight excluding hydrogens is 857 g/mol. The smallest absolute Gasteiger partial charge is 0.180 e. The van der Waals surface area contributed by atoms with Crippen LogP contribution in [0.4, 0.5) is 0 Å². The van der Waals surface area contributed by atoms with Crippen molar-refractivity contribution in [2.75, 3.05) is 0 Å². The Bertz CT molecular complexity index is 3400. The van der Waals surface area contributed by atoms with E-state index in [1.165, 1.54) is 20.7 Å². The molecule has 324 valence electrons. The van der Waals surface area contributed by atoms with E-state index in [1.54, 1.807) is 0 Å². The summed E-state index contributed by atoms with van der Waals surface area (Å²) in [4.78, 5) is 30.9. The van der Waals surface area contributed by atoms with Crippen LogP contribution in [0.5, 0.6) is 0 Å². The second-order valence-corrected chi connectivity index (χ2v) is 20.7. The van der Waals surface area contributed by atoms with Gasteiger partial charge in [-0.1, -0.05) is 255 Å². The van der Waals surface area contributed by atoms with Crippen LogP contribution in [0.1, 0.15) is 0 Å². The highest BCUT2D eigenvalue weighted by Crippen LogP contribution is 2.34. The number of nitrogens with zero attached hydrogens (tertiary/aromatic N) is 6. The molecule has 2 aromatic heterocycles. The Labute approximate surface area is 401 Å². The first-order chi connectivity index (χ1) is 34.2. The maximum atomic E-state index is 5.22. The summed E-state index contributed by atoms with van der Waals surface area (Å²) in [5.41, 5.74) is 5.60. The summed E-state index contributed by atoms with van der Waals surface area (Å²) in [6, 6.07) is 89.5. The molecule has 12 rings (SSSR count). The largest absolute Gasteiger partial charge is 0.208 e. The summed E-state index contributed by atoms with van der Waals surface area (Å²) in [6.07, 6.45) is 0. The third kappa shape index (κ3) is 7.57. The molecule has 0 spiro atoms. The maximum absolute atomic E-state index is 5.22. The number of hydrogen-bond acceptors (Lipinski definition) is 6. The van der Waals surface area contributed by atoms with Crippen molar-refractivity contribution in [2.24, 2.45) is 0 Å². The Balaban J connectivity index is 1.13. The van der Waals surface area contributed by atoms with E-state index in [0.29, 0.717) is 34.9 Å². The van der Waals surface area contributed by atoms with Gasteiger partial charge < -0.3 is 0 Å². The lowest BCUT2D eigenvalue weighted by Crippen LogP contribution is -2.75. The third-order valence-corrected chi connectivity index (χ3v) is 17.8. The van der Waals surface area contributed by atoms with Gasteiger partial charge in [-0.15, -0.1) is 0 Å². The van der Waals surface area contributed by atoms with E-state index in [9.17, 15) is 0 Å². The van der Waals surface area contributed by atoms with Crippen molar-refractivity contribution < 1.29 is 0 Å². The van der Waals surface area contributed by atoms with Gasteiger partial charge in [0.1, 0.15) is 0 Å². The molecule has 2 heterocycles. The van der Waals surface area contributed by atoms with Gasteiger partial charge in [0.05, 0.1) is 0 Å². The molecule has 0 fully saturated rings. The summed E-state index contributed by atoms with van der Waals surface area (Å²) >= 11 is 0. The predicted octanol–water partition coefficient (Wildman–Crippen LogP) is 11.7. The average Bonchev–Trinajstić information content (AvgIpc) is 3.44. The zero-order valence-corrected chi connectivity index (χ0v) is 38.4. The minimum Gasteiger partial charge on any atom is -0.208 e. The van der Waals surface area contributed by atoms with Gasteiger partial charge >= 0.3 is 0 Å². The van der Waals surface area contributed by atoms with E-state index in [-0.39, 0.29) is 0 Å². The van der Waals surface area contributed by atoms with Gasteiger partial charge in [-0.2, -0.15) is 0 Å². The van der Waals surface area contributed by atoms with Gasteiger partial charge in [0, 0.05) is 33.4 Å². The summed E-state index contributed by atoms with van der Waals surface area (Å²) in [7, 11) is -3.24. The van der Waals surface area contributed by atoms with Crippen LogP contribution < -0.4 is 20.7 Å². The number of benzene rings is 10. The molecule has 0 aliphatic rings. The molecule has 0 atom stereocenters. The molecule has 0 N–H and O–H groups in total. The Morgan fingerprint density at radius 3 is 0.754 bits per heavy atom. The normalized spacial score (nSPS) is 11.5. The summed E-state index contributed by atoms with van der Waals surface area (Å²) in [6.45, 7) is 0. The van der Waals surface area contributed by atoms with Crippen LogP contribution in [-0.2, 0) is 0 Å². The van der Waals surface area contributed by atoms with Crippen molar-refractivity contribution in [2.45, 2.75) is 0 Å². The Morgan fingerprint density at radius 2 is 0.449 bits per heavy atom. The molecule has 0 bridgehead atoms. The predicted molar refractivity (Wildman–Crippen MR) is 284 cm³/mol. The number of aromatic nitrogens is 6. The van der Waals surface area contributed by atoms with E-state index in [4.69, 9.17) is 29.9 Å². The van der Waals surface area contributed by atoms with Crippen molar-refractivity contribution >= 4 is 50.4 Å². The molecule has 0 aliphatic carbocycles. The highest BCUT2D eigenvalue weighted by molar-refractivity contribution is 7.21. The molecule has 0 unspecified atom stereocenters. The molecule has 6 nitrogen and oxygen atoms in total. The van der Waals surface area contributed by atoms with Crippen LogP contribution >= 0.6 is 0 Å². The maximum Gasteiger partial charge on any atom is 0.180 e. The summed E-state index contributed by atoms with van der Waals surface area (Å²) in [5, 5.41) is 9.47. The fraction of sp³-hybridized carbons (Fsp3) is 0. The van der Waals surface area contributed by atoms with E-state index in [0.717, 1.165) is 54.9 Å². The Hall–Kier alpha value is -9.04. The molecule has 0 saturated heterocycles. The van der Waals surface area contributed by atoms with Gasteiger partial charge in [-0.05, 0) is 42.3 Å². The molecule has 0 saturated carbocycles. The highest BCUT2D eigenvalue weighted by atomic mass is 28.3. The molecule has 0 amide bonds. The van der Waals surface area contributed by atoms with Crippen molar-refractivity contribution in [3.8, 4) is 68.3 Å². The fourth-order valence-corrected chi connectivity index (χ4v) is 15.0. The fourth-order valence-electron chi connectivity index (χ4n) is 9.81. The van der Waals surface area contributed by atoms with Gasteiger partial charge in [0.2, 0.25) is 0 Å². The molecule has 0 radical (unpaired) electrons. The number of rotatable bonds is 10. The van der Waals surface area contributed by atoms with Crippen molar-refractivity contribution in [1.82, 2.24) is 29.9 Å². The monoisotopic (exact) mass is 898 g/mol. The van der Waals surface area contributed by atoms with Gasteiger partial charge in [-0.3, -0.25) is 0 Å². The average molecular weight is 899 g/mol. The van der Waals surface area contributed by atoms with E-state index in [2.05, 4.69) is 182 Å². The minimum atomic E-state index is -3.24. The number of hydrogen-bond donors (Lipinski definition) is 0. The van der Waals surface area contributed by atoms with Crippen molar-refractivity contribution in [1.29, 1.82) is 0 Å². The molecule has 12 aromatic rings. The van der Waals surface area contributed by atoms with Crippen LogP contribution in [0.3, 0.4) is 0 Å². The van der Waals surface area contributed by atoms with Crippen LogP contribution in [0.25, 0.3) is 89.9 Å². The van der Waals surface area contributed by atoms with Crippen LogP contribution in [-0.4, -0.2) is 38.0 Å². The van der Waals surface area contributed by atoms with Gasteiger partial charge in [-0.25, -0.2) is 29.9 Å². The third-order valence-electron chi connectivity index (χ3n) is 13.0. The molecular formula is C62H42N6Si. The van der Waals surface area contributed by atoms with Crippen molar-refractivity contribution in [3.05, 3.63) is 255 Å². The van der Waals surface area contributed by atoms with E-state index < -0.39 is 8.07 Å². The SMILES string of the molecule is c1ccc(-c2nc(-c3ccccc3)nc(-c3ccc([Si](c4ccccc4)(c4ccccc4)c4ccc(-c5nc(-c6ccccc6)nc(-c6ccccc6)n5)c5ccccc45)c4ccccc34)n2)cc1. The lowest BCUT2D eigenvalue weighted by atomic mass is 10.0. The molecule has 69 heavy (non-hydrogen) atoms. The lowest BCUT2D eigenvalue weighted by Gasteiger charge is -2.36. The molecule has 10 aromatic carbocycles. The van der Waals surface area contributed by atoms with E-state index in [1.807, 2.05) is 72.8 Å². The Kier molecular flexibility index (Phi) is 10.8. The van der Waals surface area contributed by atoms with Crippen molar-refractivity contribution in [3.63, 3.8) is 0 Å². The van der Waals surface area contributed by atoms with Gasteiger partial charge in [0.15, 0.2) is 43.0 Å². The second-order valence-electron chi connectivity index (χ2n) is 17.0. The standard InChI is InChI=1S/C62H42N6Si/c1-7-23-43(24-8-1)57-63-58(44-25-9-2-10-26-44)66-61(65-57)53-39-41-55(51-37-21-19-35-49(51)53)69(47-31-15-5-16-32-47,48-33-17-6-18-34-48)56-42-40-54(50-36-20-22-38-52(50)56)62-67-59(45-27-11-3-12-28-45)64-60(68-62)46-29-13-4-14-30-46/h1-42H. The number of fused-ring (bicyclic) bond motifs is 2. The second kappa shape index (κ2) is 18.0. The van der Waals surface area contributed by atoms with Crippen LogP contribution in [0.2, 0.25) is 0 Å². The quantitative estimate of drug-likeness (QED) is 0.101. The highest BCUT2D eigenvalue weighted by Gasteiger charge is 2.44. The first kappa shape index (κ1) is 41.4. The topological polar surface area (TPSA) is 77.3 Å². The lowest BCUT2D eigenvalue weighted by molar-refractivity contribution is 1.08.